The van der Waals surface area contributed by atoms with Crippen LogP contribution in [0, 0.1) is 5.82 Å². The molecule has 0 spiro atoms. The normalized spacial score (nSPS) is 10.9. The molecule has 3 aromatic heterocycles. The van der Waals surface area contributed by atoms with E-state index in [1.807, 2.05) is 41.2 Å². The van der Waals surface area contributed by atoms with Crippen LogP contribution in [0.3, 0.4) is 0 Å². The Kier molecular flexibility index (Phi) is 4.03. The van der Waals surface area contributed by atoms with Gasteiger partial charge in [0.1, 0.15) is 15.5 Å². The molecule has 0 atom stereocenters. The van der Waals surface area contributed by atoms with E-state index in [0.29, 0.717) is 11.4 Å². The van der Waals surface area contributed by atoms with Crippen molar-refractivity contribution in [2.45, 2.75) is 6.54 Å². The van der Waals surface area contributed by atoms with Gasteiger partial charge in [-0.05, 0) is 42.0 Å². The van der Waals surface area contributed by atoms with Crippen LogP contribution in [0.2, 0.25) is 0 Å². The maximum Gasteiger partial charge on any atom is 0.263 e. The molecule has 0 aliphatic carbocycles. The fourth-order valence-electron chi connectivity index (χ4n) is 2.68. The summed E-state index contributed by atoms with van der Waals surface area (Å²) < 4.78 is 14.9. The second-order valence-electron chi connectivity index (χ2n) is 5.54. The van der Waals surface area contributed by atoms with E-state index in [9.17, 15) is 9.18 Å². The van der Waals surface area contributed by atoms with Crippen LogP contribution in [0.4, 0.5) is 4.39 Å². The average molecular weight is 351 g/mol. The predicted molar refractivity (Wildman–Crippen MR) is 96.5 cm³/mol. The topological polar surface area (TPSA) is 46.9 Å². The Hall–Kier alpha value is -2.99. The van der Waals surface area contributed by atoms with E-state index < -0.39 is 0 Å². The van der Waals surface area contributed by atoms with Crippen molar-refractivity contribution in [3.8, 4) is 5.69 Å². The van der Waals surface area contributed by atoms with E-state index in [2.05, 4.69) is 10.3 Å². The minimum absolute atomic E-state index is 0.170. The molecule has 0 fully saturated rings. The fourth-order valence-corrected chi connectivity index (χ4v) is 3.74. The summed E-state index contributed by atoms with van der Waals surface area (Å²) in [6, 6.07) is 13.8. The second-order valence-corrected chi connectivity index (χ2v) is 6.53. The summed E-state index contributed by atoms with van der Waals surface area (Å²) in [6.07, 6.45) is 5.54. The summed E-state index contributed by atoms with van der Waals surface area (Å²) in [5.41, 5.74) is 1.67. The van der Waals surface area contributed by atoms with Gasteiger partial charge in [0.15, 0.2) is 0 Å². The van der Waals surface area contributed by atoms with Crippen LogP contribution in [-0.2, 0) is 6.54 Å². The van der Waals surface area contributed by atoms with Gasteiger partial charge in [-0.2, -0.15) is 0 Å². The van der Waals surface area contributed by atoms with Crippen molar-refractivity contribution in [2.75, 3.05) is 0 Å². The molecule has 0 unspecified atom stereocenters. The first-order valence-corrected chi connectivity index (χ1v) is 8.57. The monoisotopic (exact) mass is 351 g/mol. The highest BCUT2D eigenvalue weighted by molar-refractivity contribution is 7.21. The van der Waals surface area contributed by atoms with Gasteiger partial charge >= 0.3 is 0 Å². The highest BCUT2D eigenvalue weighted by Gasteiger charge is 2.20. The Bertz CT molecular complexity index is 1020. The minimum atomic E-state index is -0.291. The van der Waals surface area contributed by atoms with Crippen LogP contribution in [0.15, 0.2) is 67.1 Å². The molecule has 1 amide bonds. The molecular formula is C19H14FN3OS. The molecule has 1 N–H and O–H groups in total. The van der Waals surface area contributed by atoms with Crippen LogP contribution in [-0.4, -0.2) is 15.5 Å². The molecule has 124 valence electrons. The maximum atomic E-state index is 13.0. The summed E-state index contributed by atoms with van der Waals surface area (Å²) in [5, 5.41) is 3.85. The maximum absolute atomic E-state index is 13.0. The van der Waals surface area contributed by atoms with Gasteiger partial charge in [0.25, 0.3) is 5.91 Å². The van der Waals surface area contributed by atoms with Gasteiger partial charge in [0.05, 0.1) is 5.69 Å². The quantitative estimate of drug-likeness (QED) is 0.600. The molecule has 4 aromatic rings. The Balaban J connectivity index is 1.67. The van der Waals surface area contributed by atoms with Crippen molar-refractivity contribution in [1.82, 2.24) is 14.9 Å². The molecule has 6 heteroatoms. The third-order valence-corrected chi connectivity index (χ3v) is 4.98. The Morgan fingerprint density at radius 1 is 1.12 bits per heavy atom. The zero-order valence-corrected chi connectivity index (χ0v) is 14.0. The van der Waals surface area contributed by atoms with E-state index in [1.54, 1.807) is 18.3 Å². The number of amides is 1. The molecular weight excluding hydrogens is 337 g/mol. The number of carbonyl (C=O) groups is 1. The number of hydrogen-bond acceptors (Lipinski definition) is 3. The van der Waals surface area contributed by atoms with Gasteiger partial charge in [0.2, 0.25) is 0 Å². The number of pyridine rings is 1. The first kappa shape index (κ1) is 15.5. The smallest absolute Gasteiger partial charge is 0.263 e. The van der Waals surface area contributed by atoms with Crippen molar-refractivity contribution in [3.63, 3.8) is 0 Å². The zero-order valence-electron chi connectivity index (χ0n) is 13.1. The minimum Gasteiger partial charge on any atom is -0.347 e. The molecule has 4 nitrogen and oxygen atoms in total. The van der Waals surface area contributed by atoms with E-state index in [0.717, 1.165) is 21.5 Å². The van der Waals surface area contributed by atoms with Gasteiger partial charge in [-0.3, -0.25) is 4.79 Å². The van der Waals surface area contributed by atoms with Crippen LogP contribution < -0.4 is 5.32 Å². The number of aromatic nitrogens is 2. The molecule has 0 radical (unpaired) electrons. The SMILES string of the molecule is O=C(NCc1ccc(F)cc1)c1sc2ncccc2c1-n1cccc1. The van der Waals surface area contributed by atoms with Crippen LogP contribution >= 0.6 is 11.3 Å². The lowest BCUT2D eigenvalue weighted by molar-refractivity contribution is 0.0955. The van der Waals surface area contributed by atoms with Crippen LogP contribution in [0.1, 0.15) is 15.2 Å². The molecule has 1 aromatic carbocycles. The molecule has 0 saturated heterocycles. The molecule has 0 aliphatic rings. The third kappa shape index (κ3) is 3.04. The number of benzene rings is 1. The van der Waals surface area contributed by atoms with E-state index >= 15 is 0 Å². The standard InChI is InChI=1S/C19H14FN3OS/c20-14-7-5-13(6-8-14)12-22-18(24)17-16(23-10-1-2-11-23)15-4-3-9-21-19(15)25-17/h1-11H,12H2,(H,22,24). The number of nitrogens with zero attached hydrogens (tertiary/aromatic N) is 2. The largest absolute Gasteiger partial charge is 0.347 e. The molecule has 0 bridgehead atoms. The number of rotatable bonds is 4. The fraction of sp³-hybridized carbons (Fsp3) is 0.0526. The highest BCUT2D eigenvalue weighted by Crippen LogP contribution is 2.33. The summed E-state index contributed by atoms with van der Waals surface area (Å²) in [5.74, 6) is -0.462. The lowest BCUT2D eigenvalue weighted by Crippen LogP contribution is -2.23. The summed E-state index contributed by atoms with van der Waals surface area (Å²) >= 11 is 1.36. The Labute approximate surface area is 147 Å². The van der Waals surface area contributed by atoms with Crippen molar-refractivity contribution >= 4 is 27.5 Å². The summed E-state index contributed by atoms with van der Waals surface area (Å²) in [6.45, 7) is 0.339. The number of nitrogens with one attached hydrogen (secondary N) is 1. The third-order valence-electron chi connectivity index (χ3n) is 3.88. The average Bonchev–Trinajstić information content (AvgIpc) is 3.28. The van der Waals surface area contributed by atoms with Gasteiger partial charge in [-0.1, -0.05) is 12.1 Å². The first-order valence-electron chi connectivity index (χ1n) is 7.76. The van der Waals surface area contributed by atoms with Crippen LogP contribution in [0.25, 0.3) is 15.9 Å². The number of hydrogen-bond donors (Lipinski definition) is 1. The molecule has 3 heterocycles. The Morgan fingerprint density at radius 2 is 1.88 bits per heavy atom. The zero-order chi connectivity index (χ0) is 17.2. The number of fused-ring (bicyclic) bond motifs is 1. The van der Waals surface area contributed by atoms with Gasteiger partial charge in [-0.25, -0.2) is 9.37 Å². The summed E-state index contributed by atoms with van der Waals surface area (Å²) in [7, 11) is 0. The van der Waals surface area contributed by atoms with Gasteiger partial charge in [-0.15, -0.1) is 11.3 Å². The molecule has 0 aliphatic heterocycles. The molecule has 25 heavy (non-hydrogen) atoms. The number of halogens is 1. The van der Waals surface area contributed by atoms with Crippen LogP contribution in [0.5, 0.6) is 0 Å². The highest BCUT2D eigenvalue weighted by atomic mass is 32.1. The Morgan fingerprint density at radius 3 is 2.64 bits per heavy atom. The molecule has 4 rings (SSSR count). The van der Waals surface area contributed by atoms with Crippen molar-refractivity contribution in [3.05, 3.63) is 83.4 Å². The van der Waals surface area contributed by atoms with E-state index in [4.69, 9.17) is 0 Å². The van der Waals surface area contributed by atoms with Crippen molar-refractivity contribution < 1.29 is 9.18 Å². The van der Waals surface area contributed by atoms with E-state index in [-0.39, 0.29) is 11.7 Å². The summed E-state index contributed by atoms with van der Waals surface area (Å²) in [4.78, 5) is 18.5. The van der Waals surface area contributed by atoms with Gasteiger partial charge < -0.3 is 9.88 Å². The second kappa shape index (κ2) is 6.49. The molecule has 0 saturated carbocycles. The lowest BCUT2D eigenvalue weighted by Gasteiger charge is -2.08. The van der Waals surface area contributed by atoms with Gasteiger partial charge in [0, 0.05) is 30.5 Å². The van der Waals surface area contributed by atoms with Crippen molar-refractivity contribution in [2.24, 2.45) is 0 Å². The van der Waals surface area contributed by atoms with Crippen molar-refractivity contribution in [1.29, 1.82) is 0 Å². The number of thiophene rings is 1. The van der Waals surface area contributed by atoms with E-state index in [1.165, 1.54) is 23.5 Å². The first-order chi connectivity index (χ1) is 12.2. The lowest BCUT2D eigenvalue weighted by atomic mass is 10.2. The predicted octanol–water partition coefficient (Wildman–Crippen LogP) is 4.16. The number of carbonyl (C=O) groups excluding carboxylic acids is 1.